The van der Waals surface area contributed by atoms with Crippen LogP contribution in [0.15, 0.2) is 35.1 Å². The third kappa shape index (κ3) is 5.42. The molecule has 0 bridgehead atoms. The SMILES string of the molecule is CC/C=C(\SC)c1noc(C(=O)NCCNC(=O)c2cccnc2)n1. The molecule has 0 aliphatic rings. The second kappa shape index (κ2) is 9.58. The average molecular weight is 361 g/mol. The zero-order chi connectivity index (χ0) is 18.1. The number of allylic oxidation sites excluding steroid dienone is 1. The van der Waals surface area contributed by atoms with E-state index in [9.17, 15) is 9.59 Å². The van der Waals surface area contributed by atoms with Crippen LogP contribution in [0.3, 0.4) is 0 Å². The molecular weight excluding hydrogens is 342 g/mol. The molecule has 0 saturated heterocycles. The van der Waals surface area contributed by atoms with Crippen LogP contribution in [0.25, 0.3) is 4.91 Å². The van der Waals surface area contributed by atoms with Gasteiger partial charge in [-0.25, -0.2) is 0 Å². The number of aromatic nitrogens is 3. The van der Waals surface area contributed by atoms with Gasteiger partial charge < -0.3 is 15.2 Å². The van der Waals surface area contributed by atoms with E-state index in [1.54, 1.807) is 18.3 Å². The Kier molecular flexibility index (Phi) is 7.15. The van der Waals surface area contributed by atoms with E-state index < -0.39 is 5.91 Å². The summed E-state index contributed by atoms with van der Waals surface area (Å²) in [5.74, 6) is -0.447. The lowest BCUT2D eigenvalue weighted by atomic mass is 10.3. The highest BCUT2D eigenvalue weighted by molar-refractivity contribution is 8.07. The highest BCUT2D eigenvalue weighted by atomic mass is 32.2. The van der Waals surface area contributed by atoms with Gasteiger partial charge in [-0.1, -0.05) is 18.2 Å². The van der Waals surface area contributed by atoms with Crippen LogP contribution in [0.1, 0.15) is 40.2 Å². The summed E-state index contributed by atoms with van der Waals surface area (Å²) in [4.78, 5) is 32.6. The minimum absolute atomic E-state index is 0.107. The van der Waals surface area contributed by atoms with Crippen LogP contribution >= 0.6 is 11.8 Å². The van der Waals surface area contributed by atoms with Crippen LogP contribution in [0.4, 0.5) is 0 Å². The van der Waals surface area contributed by atoms with Gasteiger partial charge in [0, 0.05) is 25.5 Å². The molecule has 8 nitrogen and oxygen atoms in total. The molecule has 0 unspecified atom stereocenters. The molecule has 0 aliphatic carbocycles. The van der Waals surface area contributed by atoms with Gasteiger partial charge in [0.05, 0.1) is 10.5 Å². The van der Waals surface area contributed by atoms with Gasteiger partial charge in [0.25, 0.3) is 5.91 Å². The van der Waals surface area contributed by atoms with Crippen molar-refractivity contribution in [2.75, 3.05) is 19.3 Å². The molecule has 9 heteroatoms. The Morgan fingerprint density at radius 3 is 2.68 bits per heavy atom. The first-order valence-electron chi connectivity index (χ1n) is 7.70. The maximum Gasteiger partial charge on any atom is 0.316 e. The van der Waals surface area contributed by atoms with Gasteiger partial charge in [-0.2, -0.15) is 4.98 Å². The summed E-state index contributed by atoms with van der Waals surface area (Å²) in [7, 11) is 0. The number of hydrogen-bond donors (Lipinski definition) is 2. The Bertz CT molecular complexity index is 745. The van der Waals surface area contributed by atoms with Gasteiger partial charge in [0.1, 0.15) is 0 Å². The average Bonchev–Trinajstić information content (AvgIpc) is 3.13. The lowest BCUT2D eigenvalue weighted by Gasteiger charge is -2.05. The molecule has 0 atom stereocenters. The van der Waals surface area contributed by atoms with Gasteiger partial charge >= 0.3 is 11.8 Å². The Morgan fingerprint density at radius 1 is 1.28 bits per heavy atom. The van der Waals surface area contributed by atoms with Crippen molar-refractivity contribution < 1.29 is 14.1 Å². The lowest BCUT2D eigenvalue weighted by molar-refractivity contribution is 0.0898. The van der Waals surface area contributed by atoms with Crippen LogP contribution in [0.5, 0.6) is 0 Å². The predicted octanol–water partition coefficient (Wildman–Crippen LogP) is 1.74. The van der Waals surface area contributed by atoms with Crippen LogP contribution in [0.2, 0.25) is 0 Å². The first-order chi connectivity index (χ1) is 12.2. The van der Waals surface area contributed by atoms with Crippen molar-refractivity contribution in [3.8, 4) is 0 Å². The molecule has 0 aromatic carbocycles. The van der Waals surface area contributed by atoms with E-state index >= 15 is 0 Å². The van der Waals surface area contributed by atoms with Crippen molar-refractivity contribution in [2.45, 2.75) is 13.3 Å². The van der Waals surface area contributed by atoms with E-state index in [-0.39, 0.29) is 24.9 Å². The maximum atomic E-state index is 12.0. The van der Waals surface area contributed by atoms with Crippen LogP contribution < -0.4 is 10.6 Å². The van der Waals surface area contributed by atoms with E-state index in [1.165, 1.54) is 18.0 Å². The fraction of sp³-hybridized carbons (Fsp3) is 0.312. The smallest absolute Gasteiger partial charge is 0.316 e. The number of hydrogen-bond acceptors (Lipinski definition) is 7. The van der Waals surface area contributed by atoms with Gasteiger partial charge in [-0.3, -0.25) is 14.6 Å². The van der Waals surface area contributed by atoms with E-state index in [2.05, 4.69) is 25.8 Å². The Labute approximate surface area is 149 Å². The standard InChI is InChI=1S/C16H19N5O3S/c1-3-5-12(25-2)13-20-16(24-21-13)15(23)19-9-8-18-14(22)11-6-4-7-17-10-11/h4-7,10H,3,8-9H2,1-2H3,(H,18,22)(H,19,23)/b12-5-. The third-order valence-electron chi connectivity index (χ3n) is 3.07. The Balaban J connectivity index is 1.80. The Morgan fingerprint density at radius 2 is 2.04 bits per heavy atom. The molecule has 0 saturated carbocycles. The zero-order valence-electron chi connectivity index (χ0n) is 14.0. The number of thioether (sulfide) groups is 1. The van der Waals surface area contributed by atoms with Gasteiger partial charge in [0.2, 0.25) is 5.82 Å². The molecule has 0 aliphatic heterocycles. The number of amides is 2. The highest BCUT2D eigenvalue weighted by Gasteiger charge is 2.16. The van der Waals surface area contributed by atoms with E-state index in [4.69, 9.17) is 4.52 Å². The topological polar surface area (TPSA) is 110 Å². The summed E-state index contributed by atoms with van der Waals surface area (Å²) in [6.45, 7) is 2.51. The summed E-state index contributed by atoms with van der Waals surface area (Å²) in [6, 6.07) is 3.34. The van der Waals surface area contributed by atoms with Crippen molar-refractivity contribution in [3.05, 3.63) is 47.9 Å². The molecule has 0 spiro atoms. The lowest BCUT2D eigenvalue weighted by Crippen LogP contribution is -2.34. The quantitative estimate of drug-likeness (QED) is 0.689. The van der Waals surface area contributed by atoms with Crippen molar-refractivity contribution in [3.63, 3.8) is 0 Å². The molecule has 2 aromatic rings. The van der Waals surface area contributed by atoms with Crippen LogP contribution in [-0.2, 0) is 0 Å². The number of rotatable bonds is 8. The van der Waals surface area contributed by atoms with Gasteiger partial charge in [-0.05, 0) is 24.8 Å². The minimum Gasteiger partial charge on any atom is -0.350 e. The molecule has 0 fully saturated rings. The van der Waals surface area contributed by atoms with E-state index in [0.717, 1.165) is 11.3 Å². The molecule has 2 rings (SSSR count). The summed E-state index contributed by atoms with van der Waals surface area (Å²) in [6.07, 6.45) is 7.77. The van der Waals surface area contributed by atoms with Crippen molar-refractivity contribution >= 4 is 28.5 Å². The number of carbonyl (C=O) groups excluding carboxylic acids is 2. The van der Waals surface area contributed by atoms with Crippen LogP contribution in [0, 0.1) is 0 Å². The highest BCUT2D eigenvalue weighted by Crippen LogP contribution is 2.22. The summed E-state index contributed by atoms with van der Waals surface area (Å²) in [5, 5.41) is 9.11. The minimum atomic E-state index is -0.480. The predicted molar refractivity (Wildman–Crippen MR) is 95.0 cm³/mol. The molecule has 132 valence electrons. The van der Waals surface area contributed by atoms with Gasteiger partial charge in [-0.15, -0.1) is 11.8 Å². The van der Waals surface area contributed by atoms with Crippen LogP contribution in [-0.4, -0.2) is 46.3 Å². The molecular formula is C16H19N5O3S. The summed E-state index contributed by atoms with van der Waals surface area (Å²) >= 11 is 1.49. The molecule has 2 amide bonds. The first kappa shape index (κ1) is 18.7. The van der Waals surface area contributed by atoms with Crippen molar-refractivity contribution in [2.24, 2.45) is 0 Å². The van der Waals surface area contributed by atoms with E-state index in [1.807, 2.05) is 19.3 Å². The first-order valence-corrected chi connectivity index (χ1v) is 8.92. The summed E-state index contributed by atoms with van der Waals surface area (Å²) in [5.41, 5.74) is 0.461. The molecule has 2 aromatic heterocycles. The Hall–Kier alpha value is -2.68. The zero-order valence-corrected chi connectivity index (χ0v) is 14.8. The van der Waals surface area contributed by atoms with Crippen molar-refractivity contribution in [1.29, 1.82) is 0 Å². The largest absolute Gasteiger partial charge is 0.350 e. The molecule has 0 radical (unpaired) electrons. The number of nitrogens with zero attached hydrogens (tertiary/aromatic N) is 3. The maximum absolute atomic E-state index is 12.0. The molecule has 2 N–H and O–H groups in total. The molecule has 25 heavy (non-hydrogen) atoms. The molecule has 2 heterocycles. The second-order valence-electron chi connectivity index (χ2n) is 4.86. The number of nitrogens with one attached hydrogen (secondary N) is 2. The van der Waals surface area contributed by atoms with Gasteiger partial charge in [0.15, 0.2) is 0 Å². The monoisotopic (exact) mass is 361 g/mol. The van der Waals surface area contributed by atoms with Crippen molar-refractivity contribution in [1.82, 2.24) is 25.8 Å². The fourth-order valence-corrected chi connectivity index (χ4v) is 2.49. The number of pyridine rings is 1. The van der Waals surface area contributed by atoms with E-state index in [0.29, 0.717) is 11.4 Å². The number of carbonyl (C=O) groups is 2. The second-order valence-corrected chi connectivity index (χ2v) is 5.71. The normalized spacial score (nSPS) is 11.2. The third-order valence-corrected chi connectivity index (χ3v) is 3.86. The summed E-state index contributed by atoms with van der Waals surface area (Å²) < 4.78 is 4.98. The fourth-order valence-electron chi connectivity index (χ4n) is 1.89.